The van der Waals surface area contributed by atoms with Gasteiger partial charge in [0.15, 0.2) is 18.2 Å². The molecule has 2 heterocycles. The number of nitrogens with zero attached hydrogens (tertiary/aromatic N) is 1. The van der Waals surface area contributed by atoms with Crippen molar-refractivity contribution in [2.75, 3.05) is 0 Å². The molecule has 2 aliphatic heterocycles. The van der Waals surface area contributed by atoms with Gasteiger partial charge in [0, 0.05) is 0 Å². The smallest absolute Gasteiger partial charge is 0.190 e. The molecule has 118 valence electrons. The van der Waals surface area contributed by atoms with Crippen molar-refractivity contribution in [2.24, 2.45) is 0 Å². The van der Waals surface area contributed by atoms with Crippen LogP contribution in [-0.4, -0.2) is 41.6 Å². The summed E-state index contributed by atoms with van der Waals surface area (Å²) in [6, 6.07) is 11.4. The monoisotopic (exact) mass is 305 g/mol. The minimum atomic E-state index is -1.29. The highest BCUT2D eigenvalue weighted by molar-refractivity contribution is 5.14. The fourth-order valence-electron chi connectivity index (χ4n) is 2.79. The molecular weight excluding hydrogens is 286 g/mol. The zero-order valence-corrected chi connectivity index (χ0v) is 12.5. The van der Waals surface area contributed by atoms with Gasteiger partial charge >= 0.3 is 0 Å². The van der Waals surface area contributed by atoms with E-state index < -0.39 is 36.5 Å². The van der Waals surface area contributed by atoms with Gasteiger partial charge in [-0.15, -0.1) is 0 Å². The lowest BCUT2D eigenvalue weighted by Crippen LogP contribution is -2.42. The molecule has 2 aliphatic rings. The molecule has 0 aliphatic carbocycles. The average molecular weight is 305 g/mol. The van der Waals surface area contributed by atoms with E-state index in [-0.39, 0.29) is 0 Å². The molecule has 1 unspecified atom stereocenters. The first kappa shape index (κ1) is 15.4. The Kier molecular flexibility index (Phi) is 4.17. The summed E-state index contributed by atoms with van der Waals surface area (Å²) in [6.07, 6.45) is -3.75. The standard InChI is InChI=1S/C16H19NO5/c1-16(2)21-14-13(19-9-10-6-4-3-5-7-10)12(11(18)8-17)20-15(14)22-16/h3-7,11-15,18H,9H2,1-2H3/t11-,12-,13-,14?,15-/m1/s1. The second kappa shape index (κ2) is 5.95. The van der Waals surface area contributed by atoms with Gasteiger partial charge in [-0.25, -0.2) is 0 Å². The Morgan fingerprint density at radius 2 is 2.05 bits per heavy atom. The van der Waals surface area contributed by atoms with Gasteiger partial charge in [-0.2, -0.15) is 5.26 Å². The van der Waals surface area contributed by atoms with Gasteiger partial charge in [0.1, 0.15) is 18.3 Å². The van der Waals surface area contributed by atoms with Crippen LogP contribution in [0.2, 0.25) is 0 Å². The summed E-state index contributed by atoms with van der Waals surface area (Å²) in [6.45, 7) is 3.92. The molecule has 22 heavy (non-hydrogen) atoms. The van der Waals surface area contributed by atoms with Crippen LogP contribution in [0.4, 0.5) is 0 Å². The van der Waals surface area contributed by atoms with E-state index in [4.69, 9.17) is 24.2 Å². The summed E-state index contributed by atoms with van der Waals surface area (Å²) in [7, 11) is 0. The molecule has 1 aromatic carbocycles. The Balaban J connectivity index is 1.73. The minimum Gasteiger partial charge on any atom is -0.375 e. The van der Waals surface area contributed by atoms with Gasteiger partial charge in [-0.05, 0) is 19.4 Å². The summed E-state index contributed by atoms with van der Waals surface area (Å²) >= 11 is 0. The van der Waals surface area contributed by atoms with Crippen molar-refractivity contribution < 1.29 is 24.1 Å². The number of hydrogen-bond donors (Lipinski definition) is 1. The van der Waals surface area contributed by atoms with E-state index >= 15 is 0 Å². The predicted molar refractivity (Wildman–Crippen MR) is 75.3 cm³/mol. The first-order valence-corrected chi connectivity index (χ1v) is 7.24. The van der Waals surface area contributed by atoms with E-state index in [2.05, 4.69) is 0 Å². The maximum atomic E-state index is 9.83. The first-order chi connectivity index (χ1) is 10.5. The second-order valence-electron chi connectivity index (χ2n) is 5.90. The van der Waals surface area contributed by atoms with Crippen LogP contribution in [0.1, 0.15) is 19.4 Å². The highest BCUT2D eigenvalue weighted by atomic mass is 16.8. The Morgan fingerprint density at radius 3 is 2.73 bits per heavy atom. The summed E-state index contributed by atoms with van der Waals surface area (Å²) in [5.41, 5.74) is 0.995. The van der Waals surface area contributed by atoms with Crippen LogP contribution >= 0.6 is 0 Å². The van der Waals surface area contributed by atoms with Crippen LogP contribution < -0.4 is 0 Å². The third-order valence-electron chi connectivity index (χ3n) is 3.76. The molecule has 1 aromatic rings. The van der Waals surface area contributed by atoms with Crippen molar-refractivity contribution in [3.63, 3.8) is 0 Å². The Bertz CT molecular complexity index is 555. The van der Waals surface area contributed by atoms with E-state index in [1.54, 1.807) is 19.9 Å². The van der Waals surface area contributed by atoms with E-state index in [0.29, 0.717) is 6.61 Å². The lowest BCUT2D eigenvalue weighted by molar-refractivity contribution is -0.227. The molecule has 0 aromatic heterocycles. The van der Waals surface area contributed by atoms with Crippen LogP contribution in [0.3, 0.4) is 0 Å². The van der Waals surface area contributed by atoms with Crippen molar-refractivity contribution in [3.8, 4) is 6.07 Å². The molecule has 0 bridgehead atoms. The maximum Gasteiger partial charge on any atom is 0.190 e. The Morgan fingerprint density at radius 1 is 1.32 bits per heavy atom. The highest BCUT2D eigenvalue weighted by Gasteiger charge is 2.57. The Labute approximate surface area is 129 Å². The third kappa shape index (κ3) is 3.00. The molecule has 2 fully saturated rings. The van der Waals surface area contributed by atoms with E-state index in [1.165, 1.54) is 0 Å². The van der Waals surface area contributed by atoms with Crippen molar-refractivity contribution in [2.45, 2.75) is 56.9 Å². The van der Waals surface area contributed by atoms with Crippen LogP contribution in [0.25, 0.3) is 0 Å². The van der Waals surface area contributed by atoms with Gasteiger partial charge in [0.2, 0.25) is 0 Å². The van der Waals surface area contributed by atoms with Gasteiger partial charge < -0.3 is 24.1 Å². The predicted octanol–water partition coefficient (Wildman–Crippen LogP) is 1.33. The van der Waals surface area contributed by atoms with E-state index in [1.807, 2.05) is 30.3 Å². The number of rotatable bonds is 4. The normalized spacial score (nSPS) is 34.1. The zero-order valence-electron chi connectivity index (χ0n) is 12.5. The van der Waals surface area contributed by atoms with Crippen LogP contribution in [0, 0.1) is 11.3 Å². The van der Waals surface area contributed by atoms with Crippen molar-refractivity contribution in [3.05, 3.63) is 35.9 Å². The number of ether oxygens (including phenoxy) is 4. The second-order valence-corrected chi connectivity index (χ2v) is 5.90. The molecule has 0 amide bonds. The highest BCUT2D eigenvalue weighted by Crippen LogP contribution is 2.39. The molecule has 0 spiro atoms. The minimum absolute atomic E-state index is 0.344. The number of aliphatic hydroxyl groups excluding tert-OH is 1. The SMILES string of the molecule is CC1(C)OC2[C@H](O[C@H]([C@H](O)C#N)[C@H]2OCc2ccccc2)O1. The van der Waals surface area contributed by atoms with Gasteiger partial charge in [-0.1, -0.05) is 30.3 Å². The first-order valence-electron chi connectivity index (χ1n) is 7.24. The van der Waals surface area contributed by atoms with Gasteiger partial charge in [0.25, 0.3) is 0 Å². The number of aliphatic hydroxyl groups is 1. The number of nitriles is 1. The fraction of sp³-hybridized carbons (Fsp3) is 0.562. The topological polar surface area (TPSA) is 80.9 Å². The van der Waals surface area contributed by atoms with E-state index in [9.17, 15) is 5.11 Å². The third-order valence-corrected chi connectivity index (χ3v) is 3.76. The molecule has 6 heteroatoms. The largest absolute Gasteiger partial charge is 0.375 e. The molecule has 3 rings (SSSR count). The average Bonchev–Trinajstić information content (AvgIpc) is 2.97. The lowest BCUT2D eigenvalue weighted by Gasteiger charge is -2.26. The molecule has 0 saturated carbocycles. The van der Waals surface area contributed by atoms with E-state index in [0.717, 1.165) is 5.56 Å². The van der Waals surface area contributed by atoms with Gasteiger partial charge in [-0.3, -0.25) is 0 Å². The van der Waals surface area contributed by atoms with Crippen LogP contribution in [0.15, 0.2) is 30.3 Å². The summed E-state index contributed by atoms with van der Waals surface area (Å²) in [4.78, 5) is 0. The quantitative estimate of drug-likeness (QED) is 0.845. The summed E-state index contributed by atoms with van der Waals surface area (Å²) < 4.78 is 23.0. The van der Waals surface area contributed by atoms with Crippen molar-refractivity contribution >= 4 is 0 Å². The summed E-state index contributed by atoms with van der Waals surface area (Å²) in [5.74, 6) is -0.772. The molecule has 2 saturated heterocycles. The number of benzene rings is 1. The lowest BCUT2D eigenvalue weighted by atomic mass is 10.1. The molecule has 1 N–H and O–H groups in total. The van der Waals surface area contributed by atoms with Crippen molar-refractivity contribution in [1.29, 1.82) is 5.26 Å². The van der Waals surface area contributed by atoms with Crippen LogP contribution in [0.5, 0.6) is 0 Å². The molecular formula is C16H19NO5. The van der Waals surface area contributed by atoms with Crippen molar-refractivity contribution in [1.82, 2.24) is 0 Å². The number of fused-ring (bicyclic) bond motifs is 1. The van der Waals surface area contributed by atoms with Gasteiger partial charge in [0.05, 0.1) is 12.7 Å². The molecule has 6 nitrogen and oxygen atoms in total. The zero-order chi connectivity index (χ0) is 15.7. The fourth-order valence-corrected chi connectivity index (χ4v) is 2.79. The molecule has 0 radical (unpaired) electrons. The molecule has 5 atom stereocenters. The van der Waals surface area contributed by atoms with Crippen LogP contribution in [-0.2, 0) is 25.6 Å². The number of hydrogen-bond acceptors (Lipinski definition) is 6. The summed E-state index contributed by atoms with van der Waals surface area (Å²) in [5, 5.41) is 18.8. The maximum absolute atomic E-state index is 9.83. The Hall–Kier alpha value is -1.49.